The Bertz CT molecular complexity index is 951. The van der Waals surface area contributed by atoms with E-state index in [-0.39, 0.29) is 18.3 Å². The Balaban J connectivity index is 1.66. The van der Waals surface area contributed by atoms with Gasteiger partial charge in [0, 0.05) is 30.7 Å². The van der Waals surface area contributed by atoms with Crippen LogP contribution >= 0.6 is 0 Å². The number of esters is 2. The second-order valence-corrected chi connectivity index (χ2v) is 10.0. The predicted molar refractivity (Wildman–Crippen MR) is 110 cm³/mol. The number of aliphatic hydroxyl groups is 1. The molecule has 2 aliphatic heterocycles. The van der Waals surface area contributed by atoms with Gasteiger partial charge in [-0.05, 0) is 31.2 Å². The third-order valence-electron chi connectivity index (χ3n) is 8.61. The van der Waals surface area contributed by atoms with Gasteiger partial charge >= 0.3 is 11.9 Å². The summed E-state index contributed by atoms with van der Waals surface area (Å²) < 4.78 is 28.7. The number of hydrogen-bond acceptors (Lipinski definition) is 9. The SMILES string of the molecule is CC(=O)OC[C@@]12C(=O)[C@@H](O)[C@@H](C)C3(CC(c4ccoc4)O[C@H]3OC(C)=O)[C@H]1CCC[C@]21CO1. The van der Waals surface area contributed by atoms with E-state index in [1.807, 2.05) is 6.92 Å². The molecule has 1 aromatic rings. The van der Waals surface area contributed by atoms with Gasteiger partial charge in [-0.15, -0.1) is 0 Å². The van der Waals surface area contributed by atoms with Crippen LogP contribution in [0.5, 0.6) is 0 Å². The third-order valence-corrected chi connectivity index (χ3v) is 8.61. The lowest BCUT2D eigenvalue weighted by molar-refractivity contribution is -0.247. The molecular weight excluding hydrogens is 432 g/mol. The molecule has 0 amide bonds. The van der Waals surface area contributed by atoms with Crippen molar-refractivity contribution in [3.63, 3.8) is 0 Å². The summed E-state index contributed by atoms with van der Waals surface area (Å²) in [6, 6.07) is 1.79. The molecule has 2 spiro atoms. The first-order valence-electron chi connectivity index (χ1n) is 11.5. The Hall–Kier alpha value is -2.23. The number of ether oxygens (including phenoxy) is 4. The summed E-state index contributed by atoms with van der Waals surface area (Å²) in [5.41, 5.74) is -2.14. The molecule has 3 heterocycles. The number of ketones is 1. The minimum atomic E-state index is -1.35. The number of fused-ring (bicyclic) bond motifs is 3. The summed E-state index contributed by atoms with van der Waals surface area (Å²) in [5, 5.41) is 11.3. The number of carbonyl (C=O) groups excluding carboxylic acids is 3. The maximum atomic E-state index is 13.9. The molecule has 2 saturated heterocycles. The molecule has 1 N–H and O–H groups in total. The average Bonchev–Trinajstić information content (AvgIpc) is 3.19. The summed E-state index contributed by atoms with van der Waals surface area (Å²) in [7, 11) is 0. The first-order chi connectivity index (χ1) is 15.7. The van der Waals surface area contributed by atoms with Gasteiger partial charge in [0.25, 0.3) is 0 Å². The lowest BCUT2D eigenvalue weighted by Gasteiger charge is -2.60. The number of rotatable bonds is 4. The molecule has 0 radical (unpaired) electrons. The molecule has 9 heteroatoms. The highest BCUT2D eigenvalue weighted by atomic mass is 16.7. The quantitative estimate of drug-likeness (QED) is 0.530. The maximum absolute atomic E-state index is 13.9. The highest BCUT2D eigenvalue weighted by Gasteiger charge is 2.79. The van der Waals surface area contributed by atoms with E-state index < -0.39 is 52.8 Å². The van der Waals surface area contributed by atoms with Gasteiger partial charge in [-0.3, -0.25) is 14.4 Å². The van der Waals surface area contributed by atoms with Gasteiger partial charge in [-0.25, -0.2) is 0 Å². The van der Waals surface area contributed by atoms with Crippen LogP contribution in [0.25, 0.3) is 0 Å². The molecule has 9 nitrogen and oxygen atoms in total. The van der Waals surface area contributed by atoms with E-state index in [4.69, 9.17) is 23.4 Å². The van der Waals surface area contributed by atoms with Crippen LogP contribution in [0.15, 0.2) is 23.0 Å². The number of hydrogen-bond donors (Lipinski definition) is 1. The first-order valence-corrected chi connectivity index (χ1v) is 11.5. The third kappa shape index (κ3) is 3.05. The summed E-state index contributed by atoms with van der Waals surface area (Å²) >= 11 is 0. The number of aliphatic hydroxyl groups excluding tert-OH is 1. The van der Waals surface area contributed by atoms with Gasteiger partial charge in [0.15, 0.2) is 5.78 Å². The Morgan fingerprint density at radius 2 is 2.03 bits per heavy atom. The molecule has 0 bridgehead atoms. The van der Waals surface area contributed by atoms with Crippen LogP contribution in [0.2, 0.25) is 0 Å². The summed E-state index contributed by atoms with van der Waals surface area (Å²) in [5.74, 6) is -2.32. The lowest BCUT2D eigenvalue weighted by atomic mass is 9.42. The van der Waals surface area contributed by atoms with E-state index in [2.05, 4.69) is 0 Å². The zero-order valence-corrected chi connectivity index (χ0v) is 19.1. The molecule has 5 rings (SSSR count). The average molecular weight is 462 g/mol. The second kappa shape index (κ2) is 7.65. The molecule has 0 aromatic carbocycles. The van der Waals surface area contributed by atoms with Crippen molar-refractivity contribution in [3.05, 3.63) is 24.2 Å². The fraction of sp³-hybridized carbons (Fsp3) is 0.708. The van der Waals surface area contributed by atoms with Crippen LogP contribution in [0.1, 0.15) is 58.1 Å². The van der Waals surface area contributed by atoms with Crippen LogP contribution in [-0.2, 0) is 33.3 Å². The summed E-state index contributed by atoms with van der Waals surface area (Å²) in [6.07, 6.45) is 2.84. The van der Waals surface area contributed by atoms with Crippen molar-refractivity contribution in [2.45, 2.75) is 70.6 Å². The van der Waals surface area contributed by atoms with E-state index in [1.165, 1.54) is 13.8 Å². The van der Waals surface area contributed by atoms with Crippen LogP contribution in [0, 0.1) is 22.7 Å². The van der Waals surface area contributed by atoms with Crippen molar-refractivity contribution in [2.24, 2.45) is 22.7 Å². The van der Waals surface area contributed by atoms with Crippen molar-refractivity contribution in [2.75, 3.05) is 13.2 Å². The van der Waals surface area contributed by atoms with E-state index in [9.17, 15) is 19.5 Å². The predicted octanol–water partition coefficient (Wildman–Crippen LogP) is 2.31. The first kappa shape index (κ1) is 22.6. The van der Waals surface area contributed by atoms with Crippen molar-refractivity contribution in [3.8, 4) is 0 Å². The fourth-order valence-electron chi connectivity index (χ4n) is 7.00. The van der Waals surface area contributed by atoms with E-state index in [0.29, 0.717) is 25.9 Å². The normalized spacial score (nSPS) is 44.0. The standard InChI is InChI=1S/C24H30O9/c1-13-19(27)20(28)24(12-30-14(2)25)18(5-4-7-22(24)11-31-22)23(13)9-17(16-6-8-29-10-16)33-21(23)32-15(3)26/h6,8,10,13,17-19,21,27H,4-5,7,9,11-12H2,1-3H3/t13-,17?,18-,19+,21-,22+,23?,24+/m1/s1. The van der Waals surface area contributed by atoms with Crippen molar-refractivity contribution < 1.29 is 42.9 Å². The molecule has 2 saturated carbocycles. The molecule has 4 fully saturated rings. The van der Waals surface area contributed by atoms with E-state index in [1.54, 1.807) is 18.6 Å². The van der Waals surface area contributed by atoms with E-state index >= 15 is 0 Å². The largest absolute Gasteiger partial charge is 0.472 e. The van der Waals surface area contributed by atoms with Gasteiger partial charge in [0.1, 0.15) is 23.7 Å². The monoisotopic (exact) mass is 462 g/mol. The van der Waals surface area contributed by atoms with Gasteiger partial charge in [-0.2, -0.15) is 0 Å². The van der Waals surface area contributed by atoms with Gasteiger partial charge in [0.2, 0.25) is 6.29 Å². The zero-order valence-electron chi connectivity index (χ0n) is 19.1. The van der Waals surface area contributed by atoms with Crippen LogP contribution in [0.3, 0.4) is 0 Å². The van der Waals surface area contributed by atoms with Crippen LogP contribution in [-0.4, -0.2) is 54.0 Å². The van der Waals surface area contributed by atoms with Crippen molar-refractivity contribution in [1.82, 2.24) is 0 Å². The second-order valence-electron chi connectivity index (χ2n) is 10.0. The number of epoxide rings is 1. The Kier molecular flexibility index (Phi) is 5.23. The molecule has 2 aliphatic carbocycles. The minimum absolute atomic E-state index is 0.180. The molecule has 8 atom stereocenters. The van der Waals surface area contributed by atoms with Crippen LogP contribution < -0.4 is 0 Å². The molecule has 33 heavy (non-hydrogen) atoms. The van der Waals surface area contributed by atoms with Gasteiger partial charge in [-0.1, -0.05) is 13.3 Å². The highest BCUT2D eigenvalue weighted by Crippen LogP contribution is 2.71. The summed E-state index contributed by atoms with van der Waals surface area (Å²) in [6.45, 7) is 4.60. The van der Waals surface area contributed by atoms with Crippen molar-refractivity contribution >= 4 is 17.7 Å². The molecular formula is C24H30O9. The van der Waals surface area contributed by atoms with Gasteiger partial charge in [0.05, 0.1) is 25.2 Å². The zero-order chi connectivity index (χ0) is 23.6. The Morgan fingerprint density at radius 3 is 2.64 bits per heavy atom. The number of furan rings is 1. The molecule has 4 aliphatic rings. The number of carbonyl (C=O) groups is 3. The fourth-order valence-corrected chi connectivity index (χ4v) is 7.00. The maximum Gasteiger partial charge on any atom is 0.304 e. The number of Topliss-reactive ketones (excluding diaryl/α,β-unsaturated/α-hetero) is 1. The molecule has 180 valence electrons. The minimum Gasteiger partial charge on any atom is -0.472 e. The van der Waals surface area contributed by atoms with Crippen LogP contribution in [0.4, 0.5) is 0 Å². The topological polar surface area (TPSA) is 125 Å². The highest BCUT2D eigenvalue weighted by molar-refractivity contribution is 5.93. The van der Waals surface area contributed by atoms with E-state index in [0.717, 1.165) is 12.0 Å². The van der Waals surface area contributed by atoms with Gasteiger partial charge < -0.3 is 28.5 Å². The lowest BCUT2D eigenvalue weighted by Crippen LogP contribution is -2.71. The smallest absolute Gasteiger partial charge is 0.304 e. The Morgan fingerprint density at radius 1 is 1.27 bits per heavy atom. The Labute approximate surface area is 191 Å². The van der Waals surface area contributed by atoms with Crippen molar-refractivity contribution in [1.29, 1.82) is 0 Å². The summed E-state index contributed by atoms with van der Waals surface area (Å²) in [4.78, 5) is 37.8. The molecule has 2 unspecified atom stereocenters. The molecule has 1 aromatic heterocycles.